The Balaban J connectivity index is 2.22. The molecule has 4 heteroatoms. The second-order valence-corrected chi connectivity index (χ2v) is 5.73. The number of nitrogens with zero attached hydrogens (tertiary/aromatic N) is 2. The van der Waals surface area contributed by atoms with Crippen molar-refractivity contribution in [1.82, 2.24) is 4.98 Å². The molecule has 0 aliphatic heterocycles. The van der Waals surface area contributed by atoms with E-state index < -0.39 is 0 Å². The van der Waals surface area contributed by atoms with Crippen molar-refractivity contribution in [3.05, 3.63) is 48.7 Å². The van der Waals surface area contributed by atoms with Crippen LogP contribution in [0.4, 0.5) is 5.69 Å². The number of hydrogen-bond donors (Lipinski definition) is 0. The summed E-state index contributed by atoms with van der Waals surface area (Å²) in [6.45, 7) is 2.54. The molecule has 0 radical (unpaired) electrons. The molecule has 0 atom stereocenters. The number of fused-ring (bicyclic) bond motifs is 1. The van der Waals surface area contributed by atoms with Gasteiger partial charge < -0.3 is 14.4 Å². The third kappa shape index (κ3) is 2.87. The van der Waals surface area contributed by atoms with Gasteiger partial charge in [0.05, 0.1) is 13.7 Å². The third-order valence-corrected chi connectivity index (χ3v) is 4.03. The minimum atomic E-state index is 0.580. The van der Waals surface area contributed by atoms with Crippen molar-refractivity contribution in [2.75, 3.05) is 32.7 Å². The fourth-order valence-corrected chi connectivity index (χ4v) is 2.82. The van der Waals surface area contributed by atoms with Crippen LogP contribution in [-0.2, 0) is 0 Å². The first-order chi connectivity index (χ1) is 11.7. The highest BCUT2D eigenvalue weighted by atomic mass is 16.5. The fourth-order valence-electron chi connectivity index (χ4n) is 2.82. The summed E-state index contributed by atoms with van der Waals surface area (Å²) in [4.78, 5) is 6.60. The first-order valence-corrected chi connectivity index (χ1v) is 8.02. The smallest absolute Gasteiger partial charge is 0.221 e. The maximum atomic E-state index is 5.69. The van der Waals surface area contributed by atoms with Crippen LogP contribution in [0.5, 0.6) is 11.6 Å². The highest BCUT2D eigenvalue weighted by molar-refractivity contribution is 6.03. The highest BCUT2D eigenvalue weighted by Gasteiger charge is 2.14. The van der Waals surface area contributed by atoms with E-state index in [0.717, 1.165) is 33.3 Å². The summed E-state index contributed by atoms with van der Waals surface area (Å²) in [6.07, 6.45) is 1.86. The molecule has 0 saturated carbocycles. The number of pyridine rings is 1. The number of anilines is 1. The average molecular weight is 322 g/mol. The molecule has 1 aromatic heterocycles. The van der Waals surface area contributed by atoms with Gasteiger partial charge in [-0.25, -0.2) is 4.98 Å². The molecule has 0 fully saturated rings. The summed E-state index contributed by atoms with van der Waals surface area (Å²) in [6, 6.07) is 14.4. The van der Waals surface area contributed by atoms with Crippen LogP contribution in [0.1, 0.15) is 6.92 Å². The largest absolute Gasteiger partial charge is 0.496 e. The number of aromatic nitrogens is 1. The normalized spacial score (nSPS) is 10.7. The first kappa shape index (κ1) is 16.1. The van der Waals surface area contributed by atoms with E-state index in [2.05, 4.69) is 34.1 Å². The fraction of sp³-hybridized carbons (Fsp3) is 0.250. The zero-order valence-electron chi connectivity index (χ0n) is 14.5. The van der Waals surface area contributed by atoms with Crippen LogP contribution in [0.3, 0.4) is 0 Å². The van der Waals surface area contributed by atoms with E-state index in [4.69, 9.17) is 9.47 Å². The molecule has 0 unspecified atom stereocenters. The third-order valence-electron chi connectivity index (χ3n) is 4.03. The summed E-state index contributed by atoms with van der Waals surface area (Å²) in [5, 5.41) is 1.99. The van der Waals surface area contributed by atoms with Crippen molar-refractivity contribution >= 4 is 16.5 Å². The van der Waals surface area contributed by atoms with E-state index in [1.165, 1.54) is 0 Å². The van der Waals surface area contributed by atoms with E-state index >= 15 is 0 Å². The lowest BCUT2D eigenvalue weighted by molar-refractivity contribution is 0.331. The van der Waals surface area contributed by atoms with Crippen molar-refractivity contribution in [2.24, 2.45) is 0 Å². The topological polar surface area (TPSA) is 34.6 Å². The van der Waals surface area contributed by atoms with Crippen LogP contribution in [-0.4, -0.2) is 32.8 Å². The van der Waals surface area contributed by atoms with Gasteiger partial charge in [0.1, 0.15) is 5.75 Å². The molecule has 0 N–H and O–H groups in total. The zero-order valence-corrected chi connectivity index (χ0v) is 14.5. The van der Waals surface area contributed by atoms with Crippen molar-refractivity contribution in [3.8, 4) is 22.8 Å². The van der Waals surface area contributed by atoms with Gasteiger partial charge in [-0.2, -0.15) is 0 Å². The predicted octanol–water partition coefficient (Wildman–Crippen LogP) is 4.38. The Labute approximate surface area is 142 Å². The van der Waals surface area contributed by atoms with E-state index in [9.17, 15) is 0 Å². The first-order valence-electron chi connectivity index (χ1n) is 8.02. The molecule has 0 aliphatic carbocycles. The molecule has 3 aromatic rings. The van der Waals surface area contributed by atoms with Gasteiger partial charge in [-0.15, -0.1) is 0 Å². The molecular formula is C20H22N2O2. The van der Waals surface area contributed by atoms with Gasteiger partial charge in [-0.1, -0.05) is 18.2 Å². The lowest BCUT2D eigenvalue weighted by atomic mass is 9.99. The summed E-state index contributed by atoms with van der Waals surface area (Å²) in [5.74, 6) is 1.46. The van der Waals surface area contributed by atoms with Crippen molar-refractivity contribution < 1.29 is 9.47 Å². The number of methoxy groups -OCH3 is 1. The van der Waals surface area contributed by atoms with Crippen molar-refractivity contribution in [2.45, 2.75) is 6.92 Å². The lowest BCUT2D eigenvalue weighted by Crippen LogP contribution is -2.07. The Morgan fingerprint density at radius 2 is 1.79 bits per heavy atom. The molecule has 4 nitrogen and oxygen atoms in total. The predicted molar refractivity (Wildman–Crippen MR) is 99.2 cm³/mol. The van der Waals surface area contributed by atoms with Gasteiger partial charge in [0.2, 0.25) is 5.88 Å². The Morgan fingerprint density at radius 1 is 1.04 bits per heavy atom. The molecule has 0 amide bonds. The number of rotatable bonds is 5. The van der Waals surface area contributed by atoms with Crippen molar-refractivity contribution in [3.63, 3.8) is 0 Å². The van der Waals surface area contributed by atoms with E-state index in [1.54, 1.807) is 7.11 Å². The molecule has 2 aromatic carbocycles. The van der Waals surface area contributed by atoms with Gasteiger partial charge in [-0.3, -0.25) is 0 Å². The molecule has 0 bridgehead atoms. The standard InChI is InChI=1S/C20H22N2O2/c1-5-24-20-16-7-6-8-18(23-4)19(16)17(13-21-20)14-9-11-15(12-10-14)22(2)3/h6-13H,5H2,1-4H3. The molecule has 3 rings (SSSR count). The van der Waals surface area contributed by atoms with E-state index in [1.807, 2.05) is 45.4 Å². The SMILES string of the molecule is CCOc1ncc(-c2ccc(N(C)C)cc2)c2c(OC)cccc12. The minimum absolute atomic E-state index is 0.580. The van der Waals surface area contributed by atoms with Crippen LogP contribution in [0.25, 0.3) is 21.9 Å². The molecule has 0 saturated heterocycles. The van der Waals surface area contributed by atoms with Gasteiger partial charge in [0.15, 0.2) is 0 Å². The summed E-state index contributed by atoms with van der Waals surface area (Å²) < 4.78 is 11.3. The molecular weight excluding hydrogens is 300 g/mol. The van der Waals surface area contributed by atoms with Gasteiger partial charge in [0.25, 0.3) is 0 Å². The van der Waals surface area contributed by atoms with Crippen molar-refractivity contribution in [1.29, 1.82) is 0 Å². The Kier molecular flexibility index (Phi) is 4.56. The second kappa shape index (κ2) is 6.79. The highest BCUT2D eigenvalue weighted by Crippen LogP contribution is 2.38. The number of benzene rings is 2. The van der Waals surface area contributed by atoms with Crippen LogP contribution >= 0.6 is 0 Å². The Bertz CT molecular complexity index is 842. The molecule has 124 valence electrons. The molecule has 24 heavy (non-hydrogen) atoms. The number of hydrogen-bond acceptors (Lipinski definition) is 4. The lowest BCUT2D eigenvalue weighted by Gasteiger charge is -2.15. The van der Waals surface area contributed by atoms with Crippen LogP contribution < -0.4 is 14.4 Å². The van der Waals surface area contributed by atoms with E-state index in [-0.39, 0.29) is 0 Å². The number of ether oxygens (including phenoxy) is 2. The summed E-state index contributed by atoms with van der Waals surface area (Å²) in [5.41, 5.74) is 3.30. The van der Waals surface area contributed by atoms with Crippen LogP contribution in [0, 0.1) is 0 Å². The van der Waals surface area contributed by atoms with Gasteiger partial charge in [-0.05, 0) is 36.8 Å². The molecule has 0 aliphatic rings. The quantitative estimate of drug-likeness (QED) is 0.698. The van der Waals surface area contributed by atoms with Gasteiger partial charge >= 0.3 is 0 Å². The zero-order chi connectivity index (χ0) is 17.1. The van der Waals surface area contributed by atoms with Crippen LogP contribution in [0.15, 0.2) is 48.7 Å². The molecule has 0 spiro atoms. The maximum absolute atomic E-state index is 5.69. The Morgan fingerprint density at radius 3 is 2.42 bits per heavy atom. The summed E-state index contributed by atoms with van der Waals surface area (Å²) >= 11 is 0. The average Bonchev–Trinajstić information content (AvgIpc) is 2.62. The van der Waals surface area contributed by atoms with Gasteiger partial charge in [0, 0.05) is 42.3 Å². The second-order valence-electron chi connectivity index (χ2n) is 5.73. The maximum Gasteiger partial charge on any atom is 0.221 e. The minimum Gasteiger partial charge on any atom is -0.496 e. The Hall–Kier alpha value is -2.75. The monoisotopic (exact) mass is 322 g/mol. The van der Waals surface area contributed by atoms with E-state index in [0.29, 0.717) is 12.5 Å². The molecule has 1 heterocycles. The van der Waals surface area contributed by atoms with Crippen LogP contribution in [0.2, 0.25) is 0 Å². The summed E-state index contributed by atoms with van der Waals surface area (Å²) in [7, 11) is 5.76.